The molecule has 3 aromatic rings. The van der Waals surface area contributed by atoms with Gasteiger partial charge in [0.1, 0.15) is 11.6 Å². The molecule has 3 rings (SSSR count). The van der Waals surface area contributed by atoms with Crippen molar-refractivity contribution in [3.05, 3.63) is 65.2 Å². The van der Waals surface area contributed by atoms with E-state index in [1.54, 1.807) is 37.3 Å². The van der Waals surface area contributed by atoms with Gasteiger partial charge in [0.2, 0.25) is 11.8 Å². The molecule has 3 N–H and O–H groups in total. The molecule has 0 amide bonds. The van der Waals surface area contributed by atoms with Crippen molar-refractivity contribution in [2.75, 3.05) is 17.7 Å². The van der Waals surface area contributed by atoms with Crippen LogP contribution >= 0.6 is 0 Å². The van der Waals surface area contributed by atoms with Gasteiger partial charge in [-0.15, -0.1) is 0 Å². The zero-order valence-corrected chi connectivity index (χ0v) is 16.0. The first-order valence-corrected chi connectivity index (χ1v) is 8.88. The summed E-state index contributed by atoms with van der Waals surface area (Å²) in [5.74, 6) is 1.05. The molecule has 0 aliphatic rings. The Balaban J connectivity index is 1.76. The summed E-state index contributed by atoms with van der Waals surface area (Å²) in [4.78, 5) is 20.0. The fraction of sp³-hybridized carbons (Fsp3) is 0.190. The molecule has 0 aliphatic carbocycles. The average molecular weight is 378 g/mol. The number of carbonyl (C=O) groups excluding carboxylic acids is 1. The van der Waals surface area contributed by atoms with E-state index in [0.717, 1.165) is 5.69 Å². The molecule has 1 heterocycles. The van der Waals surface area contributed by atoms with Crippen LogP contribution in [-0.2, 0) is 4.74 Å². The molecule has 144 valence electrons. The van der Waals surface area contributed by atoms with Crippen LogP contribution in [0.4, 0.5) is 17.5 Å². The predicted octanol–water partition coefficient (Wildman–Crippen LogP) is 4.39. The van der Waals surface area contributed by atoms with Crippen molar-refractivity contribution in [1.29, 1.82) is 0 Å². The van der Waals surface area contributed by atoms with E-state index in [9.17, 15) is 4.79 Å². The molecule has 2 aromatic carbocycles. The number of anilines is 3. The highest BCUT2D eigenvalue weighted by Crippen LogP contribution is 2.25. The number of esters is 1. The van der Waals surface area contributed by atoms with Crippen molar-refractivity contribution >= 4 is 23.4 Å². The fourth-order valence-electron chi connectivity index (χ4n) is 2.52. The Morgan fingerprint density at radius 2 is 1.79 bits per heavy atom. The normalized spacial score (nSPS) is 10.4. The van der Waals surface area contributed by atoms with Crippen molar-refractivity contribution in [2.24, 2.45) is 0 Å². The Kier molecular flexibility index (Phi) is 5.74. The monoisotopic (exact) mass is 378 g/mol. The van der Waals surface area contributed by atoms with Crippen molar-refractivity contribution < 1.29 is 14.3 Å². The van der Waals surface area contributed by atoms with Gasteiger partial charge in [0.05, 0.1) is 12.2 Å². The SMILES string of the molecule is CCOC(=O)c1ccc(Oc2cc(Nc3ccc(C)c(C)c3)nc(N)n2)cc1. The molecule has 0 aliphatic heterocycles. The maximum absolute atomic E-state index is 11.7. The van der Waals surface area contributed by atoms with Gasteiger partial charge in [-0.1, -0.05) is 6.07 Å². The van der Waals surface area contributed by atoms with Crippen LogP contribution in [0.2, 0.25) is 0 Å². The van der Waals surface area contributed by atoms with Crippen LogP contribution in [-0.4, -0.2) is 22.5 Å². The van der Waals surface area contributed by atoms with Gasteiger partial charge in [-0.25, -0.2) is 4.79 Å². The van der Waals surface area contributed by atoms with E-state index in [1.165, 1.54) is 11.1 Å². The van der Waals surface area contributed by atoms with Gasteiger partial charge in [-0.05, 0) is 68.3 Å². The van der Waals surface area contributed by atoms with Gasteiger partial charge in [-0.3, -0.25) is 0 Å². The zero-order valence-electron chi connectivity index (χ0n) is 16.0. The van der Waals surface area contributed by atoms with E-state index in [2.05, 4.69) is 22.2 Å². The number of ether oxygens (including phenoxy) is 2. The number of hydrogen-bond acceptors (Lipinski definition) is 7. The number of rotatable bonds is 6. The summed E-state index contributed by atoms with van der Waals surface area (Å²) in [6.45, 7) is 6.19. The first kappa shape index (κ1) is 19.2. The second kappa shape index (κ2) is 8.39. The maximum atomic E-state index is 11.7. The molecule has 0 spiro atoms. The van der Waals surface area contributed by atoms with Crippen molar-refractivity contribution in [2.45, 2.75) is 20.8 Å². The van der Waals surface area contributed by atoms with E-state index in [1.807, 2.05) is 25.1 Å². The van der Waals surface area contributed by atoms with Crippen LogP contribution in [0.5, 0.6) is 11.6 Å². The van der Waals surface area contributed by atoms with Crippen LogP contribution in [0.15, 0.2) is 48.5 Å². The lowest BCUT2D eigenvalue weighted by Crippen LogP contribution is -2.04. The smallest absolute Gasteiger partial charge is 0.338 e. The molecule has 0 saturated heterocycles. The number of nitrogens with one attached hydrogen (secondary N) is 1. The lowest BCUT2D eigenvalue weighted by Gasteiger charge is -2.11. The average Bonchev–Trinajstić information content (AvgIpc) is 2.65. The molecule has 7 heteroatoms. The summed E-state index contributed by atoms with van der Waals surface area (Å²) in [6, 6.07) is 14.3. The molecule has 0 bridgehead atoms. The first-order chi connectivity index (χ1) is 13.4. The second-order valence-electron chi connectivity index (χ2n) is 6.22. The molecule has 0 atom stereocenters. The standard InChI is InChI=1S/C21H22N4O3/c1-4-27-20(26)15-6-9-17(10-7-15)28-19-12-18(24-21(22)25-19)23-16-8-5-13(2)14(3)11-16/h5-12H,4H2,1-3H3,(H3,22,23,24,25). The number of hydrogen-bond donors (Lipinski definition) is 2. The lowest BCUT2D eigenvalue weighted by molar-refractivity contribution is 0.0526. The molecule has 1 aromatic heterocycles. The predicted molar refractivity (Wildman–Crippen MR) is 108 cm³/mol. The largest absolute Gasteiger partial charge is 0.462 e. The summed E-state index contributed by atoms with van der Waals surface area (Å²) in [5.41, 5.74) is 9.54. The number of aromatic nitrogens is 2. The van der Waals surface area contributed by atoms with E-state index in [-0.39, 0.29) is 11.9 Å². The second-order valence-corrected chi connectivity index (χ2v) is 6.22. The topological polar surface area (TPSA) is 99.4 Å². The van der Waals surface area contributed by atoms with Crippen LogP contribution in [0, 0.1) is 13.8 Å². The molecule has 0 fully saturated rings. The number of aryl methyl sites for hydroxylation is 2. The molecular weight excluding hydrogens is 356 g/mol. The van der Waals surface area contributed by atoms with Crippen LogP contribution in [0.1, 0.15) is 28.4 Å². The zero-order chi connectivity index (χ0) is 20.1. The van der Waals surface area contributed by atoms with Crippen molar-refractivity contribution in [3.63, 3.8) is 0 Å². The van der Waals surface area contributed by atoms with Gasteiger partial charge < -0.3 is 20.5 Å². The lowest BCUT2D eigenvalue weighted by atomic mass is 10.1. The maximum Gasteiger partial charge on any atom is 0.338 e. The van der Waals surface area contributed by atoms with E-state index < -0.39 is 0 Å². The minimum atomic E-state index is -0.375. The summed E-state index contributed by atoms with van der Waals surface area (Å²) in [5, 5.41) is 3.20. The Morgan fingerprint density at radius 1 is 1.04 bits per heavy atom. The number of nitrogen functional groups attached to an aromatic ring is 1. The minimum absolute atomic E-state index is 0.0898. The molecular formula is C21H22N4O3. The molecule has 0 radical (unpaired) electrons. The Bertz CT molecular complexity index is 987. The highest BCUT2D eigenvalue weighted by molar-refractivity contribution is 5.89. The fourth-order valence-corrected chi connectivity index (χ4v) is 2.52. The van der Waals surface area contributed by atoms with Crippen LogP contribution in [0.25, 0.3) is 0 Å². The number of nitrogens with zero attached hydrogens (tertiary/aromatic N) is 2. The summed E-state index contributed by atoms with van der Waals surface area (Å²) in [7, 11) is 0. The summed E-state index contributed by atoms with van der Waals surface area (Å²) >= 11 is 0. The van der Waals surface area contributed by atoms with Gasteiger partial charge in [0.25, 0.3) is 0 Å². The molecule has 0 saturated carbocycles. The molecule has 28 heavy (non-hydrogen) atoms. The highest BCUT2D eigenvalue weighted by Gasteiger charge is 2.09. The Hall–Kier alpha value is -3.61. The number of carbonyl (C=O) groups is 1. The van der Waals surface area contributed by atoms with Gasteiger partial charge >= 0.3 is 5.97 Å². The van der Waals surface area contributed by atoms with Crippen LogP contribution in [0.3, 0.4) is 0 Å². The third-order valence-electron chi connectivity index (χ3n) is 4.09. The molecule has 0 unspecified atom stereocenters. The van der Waals surface area contributed by atoms with E-state index in [0.29, 0.717) is 29.6 Å². The van der Waals surface area contributed by atoms with E-state index in [4.69, 9.17) is 15.2 Å². The third-order valence-corrected chi connectivity index (χ3v) is 4.09. The van der Waals surface area contributed by atoms with Gasteiger partial charge in [0, 0.05) is 11.8 Å². The Labute approximate surface area is 163 Å². The van der Waals surface area contributed by atoms with Crippen LogP contribution < -0.4 is 15.8 Å². The summed E-state index contributed by atoms with van der Waals surface area (Å²) in [6.07, 6.45) is 0. The van der Waals surface area contributed by atoms with Gasteiger partial charge in [-0.2, -0.15) is 9.97 Å². The van der Waals surface area contributed by atoms with Gasteiger partial charge in [0.15, 0.2) is 0 Å². The molecule has 7 nitrogen and oxygen atoms in total. The van der Waals surface area contributed by atoms with E-state index >= 15 is 0 Å². The third kappa shape index (κ3) is 4.76. The van der Waals surface area contributed by atoms with Crippen molar-refractivity contribution in [1.82, 2.24) is 9.97 Å². The minimum Gasteiger partial charge on any atom is -0.462 e. The number of nitrogens with two attached hydrogens (primary N) is 1. The first-order valence-electron chi connectivity index (χ1n) is 8.88. The number of benzene rings is 2. The Morgan fingerprint density at radius 3 is 2.46 bits per heavy atom. The quantitative estimate of drug-likeness (QED) is 0.614. The highest BCUT2D eigenvalue weighted by atomic mass is 16.5. The van der Waals surface area contributed by atoms with Crippen molar-refractivity contribution in [3.8, 4) is 11.6 Å². The summed E-state index contributed by atoms with van der Waals surface area (Å²) < 4.78 is 10.7.